The van der Waals surface area contributed by atoms with Crippen molar-refractivity contribution in [1.29, 1.82) is 5.41 Å². The molecule has 1 saturated carbocycles. The van der Waals surface area contributed by atoms with Crippen molar-refractivity contribution in [3.05, 3.63) is 35.4 Å². The van der Waals surface area contributed by atoms with Gasteiger partial charge in [-0.1, -0.05) is 43.5 Å². The molecule has 4 fully saturated rings. The molecule has 29 heavy (non-hydrogen) atoms. The first-order chi connectivity index (χ1) is 14.1. The fourth-order valence-corrected chi connectivity index (χ4v) is 6.33. The normalized spacial score (nSPS) is 32.6. The first-order valence-corrected chi connectivity index (χ1v) is 11.1. The number of nitrogens with zero attached hydrogens (tertiary/aromatic N) is 2. The van der Waals surface area contributed by atoms with E-state index in [4.69, 9.17) is 11.1 Å². The lowest BCUT2D eigenvalue weighted by Crippen LogP contribution is -2.41. The zero-order chi connectivity index (χ0) is 20.1. The van der Waals surface area contributed by atoms with E-state index < -0.39 is 0 Å². The first kappa shape index (κ1) is 18.8. The Hall–Kier alpha value is -2.21. The van der Waals surface area contributed by atoms with Crippen molar-refractivity contribution in [2.45, 2.75) is 57.0 Å². The van der Waals surface area contributed by atoms with Gasteiger partial charge in [0.2, 0.25) is 11.8 Å². The number of likely N-dealkylation sites (tertiary alicyclic amines) is 1. The molecule has 5 rings (SSSR count). The first-order valence-electron chi connectivity index (χ1n) is 11.1. The molecule has 4 atom stereocenters. The summed E-state index contributed by atoms with van der Waals surface area (Å²) in [6.07, 6.45) is 8.07. The zero-order valence-corrected chi connectivity index (χ0v) is 16.8. The predicted molar refractivity (Wildman–Crippen MR) is 110 cm³/mol. The molecule has 6 nitrogen and oxygen atoms in total. The Kier molecular flexibility index (Phi) is 4.69. The Balaban J connectivity index is 1.44. The summed E-state index contributed by atoms with van der Waals surface area (Å²) in [6.45, 7) is 1.56. The molecular formula is C23H30N4O2. The summed E-state index contributed by atoms with van der Waals surface area (Å²) in [5.41, 5.74) is 7.36. The molecule has 2 amide bonds. The van der Waals surface area contributed by atoms with E-state index in [1.165, 1.54) is 19.3 Å². The van der Waals surface area contributed by atoms with Gasteiger partial charge in [0.25, 0.3) is 0 Å². The molecule has 0 radical (unpaired) electrons. The maximum absolute atomic E-state index is 13.5. The number of hydrogen-bond donors (Lipinski definition) is 2. The maximum Gasteiger partial charge on any atom is 0.235 e. The minimum atomic E-state index is -0.264. The van der Waals surface area contributed by atoms with E-state index in [-0.39, 0.29) is 41.6 Å². The minimum absolute atomic E-state index is 0.0404. The van der Waals surface area contributed by atoms with Crippen molar-refractivity contribution >= 4 is 17.6 Å². The van der Waals surface area contributed by atoms with Gasteiger partial charge in [-0.15, -0.1) is 0 Å². The highest BCUT2D eigenvalue weighted by molar-refractivity contribution is 6.06. The van der Waals surface area contributed by atoms with Gasteiger partial charge < -0.3 is 5.73 Å². The molecular weight excluding hydrogens is 364 g/mol. The molecule has 4 aliphatic rings. The molecule has 3 heterocycles. The Bertz CT molecular complexity index is 830. The van der Waals surface area contributed by atoms with Crippen molar-refractivity contribution in [2.24, 2.45) is 23.5 Å². The molecule has 0 aromatic heterocycles. The maximum atomic E-state index is 13.5. The largest absolute Gasteiger partial charge is 0.384 e. The number of hydrogen-bond acceptors (Lipinski definition) is 4. The van der Waals surface area contributed by atoms with Gasteiger partial charge in [-0.25, -0.2) is 0 Å². The fourth-order valence-electron chi connectivity index (χ4n) is 6.33. The van der Waals surface area contributed by atoms with Crippen LogP contribution in [0.5, 0.6) is 0 Å². The summed E-state index contributed by atoms with van der Waals surface area (Å²) in [5.74, 6) is 0.186. The van der Waals surface area contributed by atoms with E-state index in [1.807, 2.05) is 24.3 Å². The van der Waals surface area contributed by atoms with E-state index in [1.54, 1.807) is 4.90 Å². The molecule has 0 spiro atoms. The Morgan fingerprint density at radius 1 is 0.966 bits per heavy atom. The Labute approximate surface area is 171 Å². The van der Waals surface area contributed by atoms with Crippen LogP contribution in [0.1, 0.15) is 62.1 Å². The number of nitrogens with one attached hydrogen (secondary N) is 1. The smallest absolute Gasteiger partial charge is 0.235 e. The summed E-state index contributed by atoms with van der Waals surface area (Å²) >= 11 is 0. The van der Waals surface area contributed by atoms with E-state index in [0.29, 0.717) is 18.0 Å². The van der Waals surface area contributed by atoms with Crippen LogP contribution in [0.2, 0.25) is 0 Å². The lowest BCUT2D eigenvalue weighted by Gasteiger charge is -2.31. The summed E-state index contributed by atoms with van der Waals surface area (Å²) < 4.78 is 0. The molecule has 154 valence electrons. The van der Waals surface area contributed by atoms with Crippen LogP contribution in [0.3, 0.4) is 0 Å². The van der Waals surface area contributed by atoms with Crippen LogP contribution < -0.4 is 5.73 Å². The third-order valence-corrected chi connectivity index (χ3v) is 7.67. The second-order valence-corrected chi connectivity index (χ2v) is 9.27. The number of amidine groups is 1. The van der Waals surface area contributed by atoms with Crippen molar-refractivity contribution in [2.75, 3.05) is 13.1 Å². The number of carbonyl (C=O) groups excluding carboxylic acids is 2. The average molecular weight is 395 g/mol. The third-order valence-electron chi connectivity index (χ3n) is 7.67. The van der Waals surface area contributed by atoms with Crippen LogP contribution in [0, 0.1) is 23.2 Å². The van der Waals surface area contributed by atoms with Crippen LogP contribution in [-0.4, -0.2) is 46.6 Å². The number of rotatable bonds is 4. The molecule has 0 unspecified atom stereocenters. The van der Waals surface area contributed by atoms with Crippen molar-refractivity contribution in [3.8, 4) is 0 Å². The molecule has 6 heteroatoms. The molecule has 3 aliphatic heterocycles. The van der Waals surface area contributed by atoms with E-state index in [0.717, 1.165) is 37.8 Å². The van der Waals surface area contributed by atoms with Crippen molar-refractivity contribution in [1.82, 2.24) is 9.80 Å². The number of carbonyl (C=O) groups is 2. The predicted octanol–water partition coefficient (Wildman–Crippen LogP) is 2.67. The minimum Gasteiger partial charge on any atom is -0.384 e. The van der Waals surface area contributed by atoms with Gasteiger partial charge in [-0.3, -0.25) is 24.8 Å². The summed E-state index contributed by atoms with van der Waals surface area (Å²) in [7, 11) is 0. The van der Waals surface area contributed by atoms with E-state index >= 15 is 0 Å². The molecule has 3 N–H and O–H groups in total. The van der Waals surface area contributed by atoms with Gasteiger partial charge >= 0.3 is 0 Å². The monoisotopic (exact) mass is 394 g/mol. The zero-order valence-electron chi connectivity index (χ0n) is 16.8. The van der Waals surface area contributed by atoms with E-state index in [9.17, 15) is 9.59 Å². The third kappa shape index (κ3) is 3.00. The van der Waals surface area contributed by atoms with Crippen LogP contribution in [0.15, 0.2) is 24.3 Å². The number of amides is 2. The van der Waals surface area contributed by atoms with Gasteiger partial charge in [0.05, 0.1) is 11.8 Å². The Morgan fingerprint density at radius 2 is 1.66 bits per heavy atom. The van der Waals surface area contributed by atoms with Crippen molar-refractivity contribution < 1.29 is 9.59 Å². The lowest BCUT2D eigenvalue weighted by atomic mass is 9.85. The fraction of sp³-hybridized carbons (Fsp3) is 0.609. The number of imide groups is 1. The van der Waals surface area contributed by atoms with Gasteiger partial charge in [0.15, 0.2) is 0 Å². The number of nitrogen functional groups attached to an aromatic ring is 1. The summed E-state index contributed by atoms with van der Waals surface area (Å²) in [4.78, 5) is 30.9. The van der Waals surface area contributed by atoms with Crippen LogP contribution in [0.4, 0.5) is 0 Å². The van der Waals surface area contributed by atoms with E-state index in [2.05, 4.69) is 4.90 Å². The highest BCUT2D eigenvalue weighted by Crippen LogP contribution is 2.53. The lowest BCUT2D eigenvalue weighted by molar-refractivity contribution is -0.142. The number of nitrogens with two attached hydrogens (primary N) is 1. The average Bonchev–Trinajstić information content (AvgIpc) is 3.37. The van der Waals surface area contributed by atoms with Crippen LogP contribution >= 0.6 is 0 Å². The Morgan fingerprint density at radius 3 is 2.34 bits per heavy atom. The van der Waals surface area contributed by atoms with Gasteiger partial charge in [0, 0.05) is 24.2 Å². The summed E-state index contributed by atoms with van der Waals surface area (Å²) in [5, 5.41) is 7.62. The topological polar surface area (TPSA) is 90.5 Å². The number of fused-ring (bicyclic) bond motifs is 3. The molecule has 1 aromatic carbocycles. The van der Waals surface area contributed by atoms with Gasteiger partial charge in [-0.05, 0) is 43.7 Å². The van der Waals surface area contributed by atoms with Gasteiger partial charge in [-0.2, -0.15) is 0 Å². The molecule has 1 aliphatic carbocycles. The standard InChI is InChI=1S/C23H30N4O2/c24-21(25)16-10-8-15(9-11-16)20-19-18(17-7-4-12-26(17)20)22(28)27(23(19)29)13-14-5-2-1-3-6-14/h8-11,14,17-20H,1-7,12-13H2,(H3,24,25)/t17-,18-,19-,20-/m0/s1. The summed E-state index contributed by atoms with van der Waals surface area (Å²) in [6, 6.07) is 7.84. The highest BCUT2D eigenvalue weighted by atomic mass is 16.2. The van der Waals surface area contributed by atoms with Crippen molar-refractivity contribution in [3.63, 3.8) is 0 Å². The van der Waals surface area contributed by atoms with Crippen LogP contribution in [-0.2, 0) is 9.59 Å². The molecule has 1 aromatic rings. The second kappa shape index (κ2) is 7.24. The molecule has 0 bridgehead atoms. The van der Waals surface area contributed by atoms with Gasteiger partial charge in [0.1, 0.15) is 5.84 Å². The second-order valence-electron chi connectivity index (χ2n) is 9.27. The van der Waals surface area contributed by atoms with Crippen LogP contribution in [0.25, 0.3) is 0 Å². The molecule has 3 saturated heterocycles. The quantitative estimate of drug-likeness (QED) is 0.467. The number of benzene rings is 1. The highest BCUT2D eigenvalue weighted by Gasteiger charge is 2.62. The SMILES string of the molecule is N=C(N)c1ccc([C@H]2[C@H]3C(=O)N(CC4CCCCC4)C(=O)[C@H]3[C@@H]3CCCN32)cc1.